The van der Waals surface area contributed by atoms with Crippen molar-refractivity contribution in [1.29, 1.82) is 0 Å². The Kier molecular flexibility index (Phi) is 5.12. The summed E-state index contributed by atoms with van der Waals surface area (Å²) in [7, 11) is 4.51. The number of nitrogens with one attached hydrogen (secondary N) is 1. The molecule has 0 radical (unpaired) electrons. The molecule has 5 nitrogen and oxygen atoms in total. The third kappa shape index (κ3) is 3.26. The Hall–Kier alpha value is -2.40. The molecule has 0 saturated heterocycles. The number of hydrogen-bond donors (Lipinski definition) is 1. The van der Waals surface area contributed by atoms with Gasteiger partial charge in [-0.15, -0.1) is 0 Å². The maximum absolute atomic E-state index is 12.4. The first-order valence-electron chi connectivity index (χ1n) is 6.46. The molecule has 2 aromatic rings. The van der Waals surface area contributed by atoms with E-state index in [0.29, 0.717) is 33.5 Å². The van der Waals surface area contributed by atoms with E-state index in [4.69, 9.17) is 25.8 Å². The minimum Gasteiger partial charge on any atom is -0.495 e. The fourth-order valence-electron chi connectivity index (χ4n) is 1.99. The second-order valence-electron chi connectivity index (χ2n) is 4.35. The SMILES string of the molecule is COc1ccccc1NC(=O)c1cc(Cl)c(OC)c(OC)c1. The number of methoxy groups -OCH3 is 3. The second kappa shape index (κ2) is 7.04. The van der Waals surface area contributed by atoms with E-state index in [1.165, 1.54) is 27.4 Å². The Morgan fingerprint density at radius 3 is 2.32 bits per heavy atom. The van der Waals surface area contributed by atoms with Gasteiger partial charge in [0, 0.05) is 5.56 Å². The highest BCUT2D eigenvalue weighted by atomic mass is 35.5. The van der Waals surface area contributed by atoms with E-state index in [1.807, 2.05) is 6.07 Å². The van der Waals surface area contributed by atoms with Crippen molar-refractivity contribution < 1.29 is 19.0 Å². The number of amides is 1. The van der Waals surface area contributed by atoms with Crippen LogP contribution in [-0.2, 0) is 0 Å². The summed E-state index contributed by atoms with van der Waals surface area (Å²) in [4.78, 5) is 12.4. The van der Waals surface area contributed by atoms with Crippen LogP contribution in [0.1, 0.15) is 10.4 Å². The van der Waals surface area contributed by atoms with E-state index < -0.39 is 0 Å². The maximum atomic E-state index is 12.4. The van der Waals surface area contributed by atoms with Crippen LogP contribution in [0.5, 0.6) is 17.2 Å². The van der Waals surface area contributed by atoms with Gasteiger partial charge in [-0.2, -0.15) is 0 Å². The van der Waals surface area contributed by atoms with Crippen molar-refractivity contribution in [3.8, 4) is 17.2 Å². The quantitative estimate of drug-likeness (QED) is 0.914. The molecule has 0 saturated carbocycles. The highest BCUT2D eigenvalue weighted by Crippen LogP contribution is 2.36. The number of halogens is 1. The Morgan fingerprint density at radius 2 is 1.68 bits per heavy atom. The first-order valence-corrected chi connectivity index (χ1v) is 6.84. The van der Waals surface area contributed by atoms with Gasteiger partial charge >= 0.3 is 0 Å². The standard InChI is InChI=1S/C16H16ClNO4/c1-20-13-7-5-4-6-12(13)18-16(19)10-8-11(17)15(22-3)14(9-10)21-2/h4-9H,1-3H3,(H,18,19). The fraction of sp³-hybridized carbons (Fsp3) is 0.188. The van der Waals surface area contributed by atoms with Gasteiger partial charge in [0.1, 0.15) is 5.75 Å². The average molecular weight is 322 g/mol. The van der Waals surface area contributed by atoms with Gasteiger partial charge in [0.05, 0.1) is 32.0 Å². The van der Waals surface area contributed by atoms with Crippen molar-refractivity contribution in [2.24, 2.45) is 0 Å². The number of anilines is 1. The Balaban J connectivity index is 2.32. The summed E-state index contributed by atoms with van der Waals surface area (Å²) in [6.45, 7) is 0. The third-order valence-corrected chi connectivity index (χ3v) is 3.33. The van der Waals surface area contributed by atoms with Crippen molar-refractivity contribution in [3.05, 3.63) is 47.0 Å². The van der Waals surface area contributed by atoms with Crippen LogP contribution in [0.4, 0.5) is 5.69 Å². The van der Waals surface area contributed by atoms with Crippen LogP contribution in [0.3, 0.4) is 0 Å². The number of hydrogen-bond acceptors (Lipinski definition) is 4. The van der Waals surface area contributed by atoms with Crippen molar-refractivity contribution in [1.82, 2.24) is 0 Å². The van der Waals surface area contributed by atoms with E-state index in [9.17, 15) is 4.79 Å². The Bertz CT molecular complexity index is 688. The maximum Gasteiger partial charge on any atom is 0.255 e. The lowest BCUT2D eigenvalue weighted by Gasteiger charge is -2.13. The van der Waals surface area contributed by atoms with Gasteiger partial charge in [0.15, 0.2) is 11.5 Å². The molecular weight excluding hydrogens is 306 g/mol. The summed E-state index contributed by atoms with van der Waals surface area (Å²) in [6, 6.07) is 10.2. The van der Waals surface area contributed by atoms with Crippen molar-refractivity contribution in [2.75, 3.05) is 26.6 Å². The smallest absolute Gasteiger partial charge is 0.255 e. The molecule has 0 unspecified atom stereocenters. The van der Waals surface area contributed by atoms with Crippen molar-refractivity contribution >= 4 is 23.2 Å². The first-order chi connectivity index (χ1) is 10.6. The number of carbonyl (C=O) groups is 1. The molecule has 1 amide bonds. The van der Waals surface area contributed by atoms with Gasteiger partial charge in [0.25, 0.3) is 5.91 Å². The molecular formula is C16H16ClNO4. The molecule has 22 heavy (non-hydrogen) atoms. The molecule has 0 atom stereocenters. The van der Waals surface area contributed by atoms with Crippen LogP contribution < -0.4 is 19.5 Å². The molecule has 2 rings (SSSR count). The zero-order valence-electron chi connectivity index (χ0n) is 12.5. The van der Waals surface area contributed by atoms with Gasteiger partial charge in [0.2, 0.25) is 0 Å². The molecule has 116 valence electrons. The Morgan fingerprint density at radius 1 is 1.00 bits per heavy atom. The number of ether oxygens (including phenoxy) is 3. The van der Waals surface area contributed by atoms with Crippen molar-refractivity contribution in [2.45, 2.75) is 0 Å². The van der Waals surface area contributed by atoms with Gasteiger partial charge < -0.3 is 19.5 Å². The highest BCUT2D eigenvalue weighted by molar-refractivity contribution is 6.32. The zero-order valence-corrected chi connectivity index (χ0v) is 13.2. The van der Waals surface area contributed by atoms with E-state index >= 15 is 0 Å². The second-order valence-corrected chi connectivity index (χ2v) is 4.76. The molecule has 0 fully saturated rings. The molecule has 0 spiro atoms. The molecule has 0 heterocycles. The summed E-state index contributed by atoms with van der Waals surface area (Å²) in [5.74, 6) is 1.02. The molecule has 6 heteroatoms. The van der Waals surface area contributed by atoms with Crippen LogP contribution in [0, 0.1) is 0 Å². The highest BCUT2D eigenvalue weighted by Gasteiger charge is 2.16. The average Bonchev–Trinajstić information content (AvgIpc) is 2.54. The number of benzene rings is 2. The van der Waals surface area contributed by atoms with E-state index in [1.54, 1.807) is 24.3 Å². The van der Waals surface area contributed by atoms with Crippen molar-refractivity contribution in [3.63, 3.8) is 0 Å². The normalized spacial score (nSPS) is 10.0. The van der Waals surface area contributed by atoms with E-state index in [-0.39, 0.29) is 5.91 Å². The largest absolute Gasteiger partial charge is 0.495 e. The zero-order chi connectivity index (χ0) is 16.1. The fourth-order valence-corrected chi connectivity index (χ4v) is 2.28. The lowest BCUT2D eigenvalue weighted by Crippen LogP contribution is -2.13. The molecule has 0 aromatic heterocycles. The van der Waals surface area contributed by atoms with Crippen LogP contribution in [0.15, 0.2) is 36.4 Å². The molecule has 0 aliphatic heterocycles. The molecule has 1 N–H and O–H groups in total. The van der Waals surface area contributed by atoms with Crippen LogP contribution in [-0.4, -0.2) is 27.2 Å². The minimum atomic E-state index is -0.327. The predicted octanol–water partition coefficient (Wildman–Crippen LogP) is 3.62. The number of rotatable bonds is 5. The molecule has 0 bridgehead atoms. The predicted molar refractivity (Wildman–Crippen MR) is 85.5 cm³/mol. The summed E-state index contributed by atoms with van der Waals surface area (Å²) in [6.07, 6.45) is 0. The number of carbonyl (C=O) groups excluding carboxylic acids is 1. The van der Waals surface area contributed by atoms with Crippen LogP contribution in [0.2, 0.25) is 5.02 Å². The minimum absolute atomic E-state index is 0.298. The van der Waals surface area contributed by atoms with Gasteiger partial charge in [-0.05, 0) is 24.3 Å². The third-order valence-electron chi connectivity index (χ3n) is 3.05. The number of para-hydroxylation sites is 2. The lowest BCUT2D eigenvalue weighted by atomic mass is 10.1. The van der Waals surface area contributed by atoms with Crippen LogP contribution in [0.25, 0.3) is 0 Å². The lowest BCUT2D eigenvalue weighted by molar-refractivity contribution is 0.102. The topological polar surface area (TPSA) is 56.8 Å². The summed E-state index contributed by atoms with van der Waals surface area (Å²) >= 11 is 6.11. The molecule has 2 aromatic carbocycles. The molecule has 0 aliphatic rings. The first kappa shape index (κ1) is 16.0. The summed E-state index contributed by atoms with van der Waals surface area (Å²) in [5.41, 5.74) is 0.925. The van der Waals surface area contributed by atoms with Gasteiger partial charge in [-0.25, -0.2) is 0 Å². The van der Waals surface area contributed by atoms with Gasteiger partial charge in [-0.1, -0.05) is 23.7 Å². The summed E-state index contributed by atoms with van der Waals surface area (Å²) < 4.78 is 15.5. The summed E-state index contributed by atoms with van der Waals surface area (Å²) in [5, 5.41) is 3.07. The van der Waals surface area contributed by atoms with Crippen LogP contribution >= 0.6 is 11.6 Å². The van der Waals surface area contributed by atoms with E-state index in [0.717, 1.165) is 0 Å². The van der Waals surface area contributed by atoms with Gasteiger partial charge in [-0.3, -0.25) is 4.79 Å². The Labute approximate surface area is 133 Å². The molecule has 0 aliphatic carbocycles. The van der Waals surface area contributed by atoms with E-state index in [2.05, 4.69) is 5.32 Å². The monoisotopic (exact) mass is 321 g/mol.